The van der Waals surface area contributed by atoms with Crippen LogP contribution in [-0.4, -0.2) is 98.3 Å². The van der Waals surface area contributed by atoms with Gasteiger partial charge in [-0.05, 0) is 86.0 Å². The van der Waals surface area contributed by atoms with Crippen LogP contribution in [0.25, 0.3) is 0 Å². The number of hydrogen-bond donors (Lipinski definition) is 6. The highest BCUT2D eigenvalue weighted by atomic mass is 16.7. The lowest BCUT2D eigenvalue weighted by Crippen LogP contribution is -2.66. The van der Waals surface area contributed by atoms with E-state index in [0.29, 0.717) is 25.7 Å². The molecule has 5 fully saturated rings. The molecule has 0 amide bonds. The Labute approximate surface area is 229 Å². The van der Waals surface area contributed by atoms with Gasteiger partial charge in [0.25, 0.3) is 0 Å². The minimum atomic E-state index is -1.47. The Bertz CT molecular complexity index is 1000. The highest BCUT2D eigenvalue weighted by Gasteiger charge is 2.70. The van der Waals surface area contributed by atoms with Crippen LogP contribution < -0.4 is 0 Å². The molecule has 14 unspecified atom stereocenters. The molecule has 0 bridgehead atoms. The zero-order valence-electron chi connectivity index (χ0n) is 22.8. The van der Waals surface area contributed by atoms with Crippen molar-refractivity contribution in [3.8, 4) is 0 Å². The van der Waals surface area contributed by atoms with Gasteiger partial charge < -0.3 is 44.8 Å². The molecular formula is C29H44O10. The smallest absolute Gasteiger partial charge is 0.331 e. The van der Waals surface area contributed by atoms with Gasteiger partial charge in [0.1, 0.15) is 31.0 Å². The highest BCUT2D eigenvalue weighted by Crippen LogP contribution is 2.70. The quantitative estimate of drug-likeness (QED) is 0.212. The Kier molecular flexibility index (Phi) is 6.99. The first-order chi connectivity index (χ1) is 18.4. The largest absolute Gasteiger partial charge is 0.458 e. The molecule has 10 heteroatoms. The summed E-state index contributed by atoms with van der Waals surface area (Å²) >= 11 is 0. The lowest BCUT2D eigenvalue weighted by molar-refractivity contribution is -0.318. The number of aliphatic hydroxyl groups is 6. The number of esters is 1. The molecule has 1 saturated heterocycles. The summed E-state index contributed by atoms with van der Waals surface area (Å²) in [7, 11) is 0. The van der Waals surface area contributed by atoms with Crippen LogP contribution >= 0.6 is 0 Å². The van der Waals surface area contributed by atoms with E-state index in [1.54, 1.807) is 6.08 Å². The Morgan fingerprint density at radius 3 is 2.49 bits per heavy atom. The number of hydrogen-bond acceptors (Lipinski definition) is 10. The molecule has 39 heavy (non-hydrogen) atoms. The van der Waals surface area contributed by atoms with E-state index < -0.39 is 54.4 Å². The fraction of sp³-hybridized carbons (Fsp3) is 0.897. The third-order valence-electron chi connectivity index (χ3n) is 12.0. The summed E-state index contributed by atoms with van der Waals surface area (Å²) in [6.45, 7) is 4.11. The average Bonchev–Trinajstić information content (AvgIpc) is 3.44. The van der Waals surface area contributed by atoms with Crippen LogP contribution in [0.5, 0.6) is 0 Å². The summed E-state index contributed by atoms with van der Waals surface area (Å²) in [6.07, 6.45) is 0.0165. The summed E-state index contributed by atoms with van der Waals surface area (Å²) in [5.41, 5.74) is -0.709. The molecule has 2 heterocycles. The molecule has 2 aliphatic heterocycles. The van der Waals surface area contributed by atoms with Crippen molar-refractivity contribution in [3.63, 3.8) is 0 Å². The van der Waals surface area contributed by atoms with Gasteiger partial charge in [0.15, 0.2) is 6.29 Å². The van der Waals surface area contributed by atoms with Crippen molar-refractivity contribution in [2.45, 2.75) is 114 Å². The summed E-state index contributed by atoms with van der Waals surface area (Å²) in [5, 5.41) is 64.3. The maximum Gasteiger partial charge on any atom is 0.331 e. The fourth-order valence-corrected chi connectivity index (χ4v) is 9.97. The normalized spacial score (nSPS) is 55.3. The number of rotatable bonds is 4. The van der Waals surface area contributed by atoms with E-state index in [-0.39, 0.29) is 47.8 Å². The second-order valence-corrected chi connectivity index (χ2v) is 13.7. The maximum atomic E-state index is 12.4. The first-order valence-electron chi connectivity index (χ1n) is 14.7. The summed E-state index contributed by atoms with van der Waals surface area (Å²) in [4.78, 5) is 11.8. The molecule has 0 aromatic rings. The number of ether oxygens (including phenoxy) is 3. The molecule has 0 radical (unpaired) electrons. The summed E-state index contributed by atoms with van der Waals surface area (Å²) < 4.78 is 16.9. The van der Waals surface area contributed by atoms with Gasteiger partial charge in [-0.2, -0.15) is 0 Å². The van der Waals surface area contributed by atoms with Crippen LogP contribution in [0.2, 0.25) is 0 Å². The van der Waals surface area contributed by atoms with Crippen LogP contribution in [0, 0.1) is 34.5 Å². The van der Waals surface area contributed by atoms with Crippen molar-refractivity contribution in [2.75, 3.05) is 13.2 Å². The van der Waals surface area contributed by atoms with E-state index in [2.05, 4.69) is 13.8 Å². The molecule has 220 valence electrons. The molecule has 4 aliphatic carbocycles. The standard InChI is InChI=1S/C29H44O10/c1-27-7-5-16(38-26-25(35)24(34)23(33)20(12-30)39-26)10-15(27)3-4-18-22(27)19(31)11-28(2)17(6-8-29(18,28)36)14-9-21(32)37-13-14/h9,15-20,22-26,30-31,33-36H,3-8,10-13H2,1-2H3. The fourth-order valence-electron chi connectivity index (χ4n) is 9.97. The van der Waals surface area contributed by atoms with Crippen LogP contribution in [0.3, 0.4) is 0 Å². The summed E-state index contributed by atoms with van der Waals surface area (Å²) in [6, 6.07) is 0. The van der Waals surface area contributed by atoms with Gasteiger partial charge in [-0.1, -0.05) is 13.8 Å². The van der Waals surface area contributed by atoms with Crippen molar-refractivity contribution in [1.82, 2.24) is 0 Å². The lowest BCUT2D eigenvalue weighted by Gasteiger charge is -2.65. The minimum absolute atomic E-state index is 0.0118. The second-order valence-electron chi connectivity index (χ2n) is 13.7. The van der Waals surface area contributed by atoms with Crippen LogP contribution in [0.1, 0.15) is 65.2 Å². The van der Waals surface area contributed by atoms with E-state index in [1.165, 1.54) is 0 Å². The summed E-state index contributed by atoms with van der Waals surface area (Å²) in [5.74, 6) is -0.173. The number of aliphatic hydroxyl groups excluding tert-OH is 5. The van der Waals surface area contributed by atoms with Gasteiger partial charge >= 0.3 is 5.97 Å². The lowest BCUT2D eigenvalue weighted by atomic mass is 9.42. The van der Waals surface area contributed by atoms with Crippen molar-refractivity contribution >= 4 is 5.97 Å². The van der Waals surface area contributed by atoms with E-state index in [1.807, 2.05) is 0 Å². The van der Waals surface area contributed by atoms with Gasteiger partial charge in [0.2, 0.25) is 0 Å². The molecular weight excluding hydrogens is 508 g/mol. The monoisotopic (exact) mass is 552 g/mol. The predicted octanol–water partition coefficient (Wildman–Crippen LogP) is 0.399. The van der Waals surface area contributed by atoms with Gasteiger partial charge in [0.05, 0.1) is 24.4 Å². The third kappa shape index (κ3) is 4.08. The Morgan fingerprint density at radius 2 is 1.79 bits per heavy atom. The molecule has 0 aromatic carbocycles. The minimum Gasteiger partial charge on any atom is -0.458 e. The van der Waals surface area contributed by atoms with Crippen molar-refractivity contribution in [1.29, 1.82) is 0 Å². The molecule has 6 N–H and O–H groups in total. The second kappa shape index (κ2) is 9.73. The molecule has 4 saturated carbocycles. The van der Waals surface area contributed by atoms with Crippen LogP contribution in [0.15, 0.2) is 11.6 Å². The zero-order chi connectivity index (χ0) is 27.9. The average molecular weight is 553 g/mol. The highest BCUT2D eigenvalue weighted by molar-refractivity contribution is 5.85. The molecule has 6 aliphatic rings. The zero-order valence-corrected chi connectivity index (χ0v) is 22.8. The molecule has 0 aromatic heterocycles. The van der Waals surface area contributed by atoms with Crippen LogP contribution in [-0.2, 0) is 19.0 Å². The van der Waals surface area contributed by atoms with Gasteiger partial charge in [0, 0.05) is 11.5 Å². The van der Waals surface area contributed by atoms with E-state index >= 15 is 0 Å². The maximum absolute atomic E-state index is 12.4. The Balaban J connectivity index is 1.18. The van der Waals surface area contributed by atoms with Gasteiger partial charge in [-0.25, -0.2) is 4.79 Å². The van der Waals surface area contributed by atoms with E-state index in [0.717, 1.165) is 31.3 Å². The van der Waals surface area contributed by atoms with Crippen molar-refractivity contribution < 1.29 is 49.6 Å². The molecule has 10 nitrogen and oxygen atoms in total. The molecule has 6 rings (SSSR count). The van der Waals surface area contributed by atoms with Gasteiger partial charge in [-0.15, -0.1) is 0 Å². The predicted molar refractivity (Wildman–Crippen MR) is 136 cm³/mol. The third-order valence-corrected chi connectivity index (χ3v) is 12.0. The van der Waals surface area contributed by atoms with E-state index in [4.69, 9.17) is 14.2 Å². The van der Waals surface area contributed by atoms with Gasteiger partial charge in [-0.3, -0.25) is 0 Å². The first kappa shape index (κ1) is 28.0. The number of carbonyl (C=O) groups excluding carboxylic acids is 1. The van der Waals surface area contributed by atoms with Crippen molar-refractivity contribution in [3.05, 3.63) is 11.6 Å². The topological polar surface area (TPSA) is 166 Å². The Morgan fingerprint density at radius 1 is 1.03 bits per heavy atom. The van der Waals surface area contributed by atoms with E-state index in [9.17, 15) is 35.4 Å². The SMILES string of the molecule is CC12CCC(OC3OC(CO)C(O)C(O)C3O)CC1CCC1C2C(O)CC2(C)C(C3=CC(=O)OC3)CCC12O. The molecule has 0 spiro atoms. The number of fused-ring (bicyclic) bond motifs is 5. The number of cyclic esters (lactones) is 1. The Hall–Kier alpha value is -1.11. The first-order valence-corrected chi connectivity index (χ1v) is 14.7. The number of carbonyl (C=O) groups is 1. The van der Waals surface area contributed by atoms with Crippen molar-refractivity contribution in [2.24, 2.45) is 34.5 Å². The molecule has 14 atom stereocenters. The van der Waals surface area contributed by atoms with Crippen LogP contribution in [0.4, 0.5) is 0 Å².